The summed E-state index contributed by atoms with van der Waals surface area (Å²) in [6.45, 7) is 1.10. The molecule has 0 radical (unpaired) electrons. The van der Waals surface area contributed by atoms with Gasteiger partial charge in [-0.1, -0.05) is 35.5 Å². The molecule has 1 fully saturated rings. The van der Waals surface area contributed by atoms with Crippen molar-refractivity contribution in [3.05, 3.63) is 59.2 Å². The van der Waals surface area contributed by atoms with Gasteiger partial charge >= 0.3 is 0 Å². The lowest BCUT2D eigenvalue weighted by atomic mass is 10.1. The minimum Gasteiger partial charge on any atom is -0.492 e. The summed E-state index contributed by atoms with van der Waals surface area (Å²) < 4.78 is 7.67. The van der Waals surface area contributed by atoms with E-state index >= 15 is 0 Å². The van der Waals surface area contributed by atoms with Crippen molar-refractivity contribution in [3.8, 4) is 5.75 Å². The maximum atomic E-state index is 11.6. The lowest BCUT2D eigenvalue weighted by molar-refractivity contribution is -0.118. The van der Waals surface area contributed by atoms with Crippen molar-refractivity contribution in [1.82, 2.24) is 15.1 Å². The Morgan fingerprint density at radius 2 is 2.00 bits per heavy atom. The van der Waals surface area contributed by atoms with Gasteiger partial charge in [0.2, 0.25) is 5.91 Å². The van der Waals surface area contributed by atoms with E-state index in [0.29, 0.717) is 24.6 Å². The number of hydrogen-bond donors (Lipinski definition) is 1. The number of thioether (sulfide) groups is 1. The van der Waals surface area contributed by atoms with Gasteiger partial charge in [-0.3, -0.25) is 19.6 Å². The molecule has 1 aliphatic heterocycles. The summed E-state index contributed by atoms with van der Waals surface area (Å²) in [6, 6.07) is 13.2. The van der Waals surface area contributed by atoms with E-state index in [1.807, 2.05) is 47.1 Å². The quantitative estimate of drug-likeness (QED) is 0.682. The van der Waals surface area contributed by atoms with Crippen molar-refractivity contribution in [1.29, 1.82) is 0 Å². The Morgan fingerprint density at radius 3 is 2.74 bits per heavy atom. The summed E-state index contributed by atoms with van der Waals surface area (Å²) in [5.74, 6) is 0.524. The van der Waals surface area contributed by atoms with E-state index in [4.69, 9.17) is 16.3 Å². The van der Waals surface area contributed by atoms with Crippen LogP contribution in [0, 0.1) is 0 Å². The number of fused-ring (bicyclic) bond motifs is 1. The zero-order valence-electron chi connectivity index (χ0n) is 14.2. The molecule has 0 bridgehead atoms. The molecule has 6 nitrogen and oxygen atoms in total. The first-order valence-corrected chi connectivity index (χ1v) is 9.68. The Balaban J connectivity index is 1.32. The molecule has 1 aromatic heterocycles. The van der Waals surface area contributed by atoms with Gasteiger partial charge in [0.15, 0.2) is 0 Å². The van der Waals surface area contributed by atoms with E-state index in [1.54, 1.807) is 6.20 Å². The predicted octanol–water partition coefficient (Wildman–Crippen LogP) is 3.66. The Kier molecular flexibility index (Phi) is 5.05. The molecule has 2 aromatic carbocycles. The van der Waals surface area contributed by atoms with E-state index in [2.05, 4.69) is 10.4 Å². The third-order valence-corrected chi connectivity index (χ3v) is 5.50. The molecule has 138 valence electrons. The highest BCUT2D eigenvalue weighted by Gasteiger charge is 2.31. The molecule has 4 rings (SSSR count). The van der Waals surface area contributed by atoms with Crippen LogP contribution in [0.15, 0.2) is 48.7 Å². The van der Waals surface area contributed by atoms with Gasteiger partial charge in [0, 0.05) is 10.4 Å². The Hall–Kier alpha value is -2.51. The number of nitrogens with zero attached hydrogens (tertiary/aromatic N) is 2. The Morgan fingerprint density at radius 1 is 1.19 bits per heavy atom. The van der Waals surface area contributed by atoms with Crippen molar-refractivity contribution in [2.75, 3.05) is 6.61 Å². The summed E-state index contributed by atoms with van der Waals surface area (Å²) in [7, 11) is 0. The molecule has 0 spiro atoms. The van der Waals surface area contributed by atoms with Crippen molar-refractivity contribution in [3.63, 3.8) is 0 Å². The van der Waals surface area contributed by atoms with Gasteiger partial charge in [-0.25, -0.2) is 0 Å². The molecule has 0 saturated carbocycles. The summed E-state index contributed by atoms with van der Waals surface area (Å²) >= 11 is 7.03. The smallest absolute Gasteiger partial charge is 0.286 e. The molecular formula is C19H16ClN3O3S. The van der Waals surface area contributed by atoms with Crippen LogP contribution in [-0.4, -0.2) is 32.8 Å². The van der Waals surface area contributed by atoms with Gasteiger partial charge < -0.3 is 4.74 Å². The van der Waals surface area contributed by atoms with Gasteiger partial charge in [0.05, 0.1) is 23.5 Å². The van der Waals surface area contributed by atoms with Crippen molar-refractivity contribution < 1.29 is 14.3 Å². The van der Waals surface area contributed by atoms with Gasteiger partial charge in [0.25, 0.3) is 5.24 Å². The highest BCUT2D eigenvalue weighted by Crippen LogP contribution is 2.24. The summed E-state index contributed by atoms with van der Waals surface area (Å²) in [4.78, 5) is 22.8. The van der Waals surface area contributed by atoms with Crippen molar-refractivity contribution >= 4 is 45.4 Å². The van der Waals surface area contributed by atoms with E-state index in [1.165, 1.54) is 0 Å². The number of ether oxygens (including phenoxy) is 1. The van der Waals surface area contributed by atoms with E-state index in [9.17, 15) is 9.59 Å². The topological polar surface area (TPSA) is 73.2 Å². The van der Waals surface area contributed by atoms with Crippen molar-refractivity contribution in [2.24, 2.45) is 0 Å². The van der Waals surface area contributed by atoms with Crippen LogP contribution in [0.4, 0.5) is 4.79 Å². The van der Waals surface area contributed by atoms with Crippen LogP contribution in [0.2, 0.25) is 5.02 Å². The van der Waals surface area contributed by atoms with Crippen LogP contribution >= 0.6 is 23.4 Å². The number of carbonyl (C=O) groups excluding carboxylic acids is 2. The molecule has 2 heterocycles. The second-order valence-electron chi connectivity index (χ2n) is 6.15. The first-order chi connectivity index (χ1) is 13.1. The maximum absolute atomic E-state index is 11.6. The average molecular weight is 402 g/mol. The molecule has 1 saturated heterocycles. The Labute approximate surface area is 164 Å². The van der Waals surface area contributed by atoms with E-state index < -0.39 is 0 Å². The molecule has 27 heavy (non-hydrogen) atoms. The monoisotopic (exact) mass is 401 g/mol. The molecule has 1 unspecified atom stereocenters. The first-order valence-electron chi connectivity index (χ1n) is 8.43. The molecule has 1 aliphatic rings. The average Bonchev–Trinajstić information content (AvgIpc) is 3.18. The van der Waals surface area contributed by atoms with Crippen molar-refractivity contribution in [2.45, 2.75) is 18.2 Å². The van der Waals surface area contributed by atoms with E-state index in [-0.39, 0.29) is 16.4 Å². The number of imide groups is 1. The van der Waals surface area contributed by atoms with Gasteiger partial charge in [-0.15, -0.1) is 0 Å². The van der Waals surface area contributed by atoms with Crippen LogP contribution in [-0.2, 0) is 17.8 Å². The fourth-order valence-electron chi connectivity index (χ4n) is 2.95. The highest BCUT2D eigenvalue weighted by molar-refractivity contribution is 8.15. The molecule has 3 aromatic rings. The minimum atomic E-state index is -0.356. The number of nitrogens with one attached hydrogen (secondary N) is 1. The van der Waals surface area contributed by atoms with Gasteiger partial charge in [0.1, 0.15) is 12.4 Å². The largest absolute Gasteiger partial charge is 0.492 e. The number of carbonyl (C=O) groups is 2. The fourth-order valence-corrected chi connectivity index (χ4v) is 3.99. The number of aromatic nitrogens is 2. The van der Waals surface area contributed by atoms with Crippen LogP contribution in [0.1, 0.15) is 5.56 Å². The molecule has 1 atom stereocenters. The number of amides is 2. The van der Waals surface area contributed by atoms with Crippen LogP contribution in [0.5, 0.6) is 5.75 Å². The Bertz CT molecular complexity index is 1000. The fraction of sp³-hybridized carbons (Fsp3) is 0.211. The number of hydrogen-bond acceptors (Lipinski definition) is 5. The normalized spacial score (nSPS) is 16.7. The van der Waals surface area contributed by atoms with Crippen LogP contribution in [0.25, 0.3) is 10.9 Å². The third kappa shape index (κ3) is 4.09. The highest BCUT2D eigenvalue weighted by atomic mass is 35.5. The minimum absolute atomic E-state index is 0.224. The standard InChI is InChI=1S/C19H16ClN3O3S/c20-14-3-6-16-13(10-14)11-21-23(16)7-8-26-15-4-1-12(2-5-15)9-17-18(24)22-19(25)27-17/h1-6,10-11,17H,7-9H2,(H,22,24,25). The van der Waals surface area contributed by atoms with E-state index in [0.717, 1.165) is 34.0 Å². The van der Waals surface area contributed by atoms with Crippen LogP contribution < -0.4 is 10.1 Å². The molecular weight excluding hydrogens is 386 g/mol. The summed E-state index contributed by atoms with van der Waals surface area (Å²) in [5.41, 5.74) is 2.00. The number of rotatable bonds is 6. The predicted molar refractivity (Wildman–Crippen MR) is 105 cm³/mol. The lowest BCUT2D eigenvalue weighted by Gasteiger charge is -2.09. The second-order valence-corrected chi connectivity index (χ2v) is 7.76. The SMILES string of the molecule is O=C1NC(=O)C(Cc2ccc(OCCn3ncc4cc(Cl)ccc43)cc2)S1. The molecule has 0 aliphatic carbocycles. The van der Waals surface area contributed by atoms with Gasteiger partial charge in [-0.2, -0.15) is 5.10 Å². The summed E-state index contributed by atoms with van der Waals surface area (Å²) in [5, 5.41) is 7.72. The molecule has 2 amide bonds. The number of halogens is 1. The first kappa shape index (κ1) is 17.9. The maximum Gasteiger partial charge on any atom is 0.286 e. The van der Waals surface area contributed by atoms with Crippen LogP contribution in [0.3, 0.4) is 0 Å². The lowest BCUT2D eigenvalue weighted by Crippen LogP contribution is -2.25. The molecule has 8 heteroatoms. The molecule has 1 N–H and O–H groups in total. The number of benzene rings is 2. The summed E-state index contributed by atoms with van der Waals surface area (Å²) in [6.07, 6.45) is 2.31. The van der Waals surface area contributed by atoms with Gasteiger partial charge in [-0.05, 0) is 42.3 Å². The third-order valence-electron chi connectivity index (χ3n) is 4.29. The zero-order chi connectivity index (χ0) is 18.8. The second kappa shape index (κ2) is 7.62. The zero-order valence-corrected chi connectivity index (χ0v) is 15.8.